The Labute approximate surface area is 188 Å². The van der Waals surface area contributed by atoms with Crippen molar-refractivity contribution in [3.05, 3.63) is 41.1 Å². The molecular weight excluding hydrogens is 388 g/mol. The van der Waals surface area contributed by atoms with Crippen molar-refractivity contribution < 1.29 is 4.74 Å². The highest BCUT2D eigenvalue weighted by Gasteiger charge is 2.11. The van der Waals surface area contributed by atoms with Gasteiger partial charge in [0.05, 0.1) is 17.6 Å². The fraction of sp³-hybridized carbons (Fsp3) is 0.542. The maximum atomic E-state index is 5.73. The molecule has 0 aliphatic rings. The van der Waals surface area contributed by atoms with Gasteiger partial charge in [-0.3, -0.25) is 5.43 Å². The normalized spacial score (nSPS) is 10.5. The van der Waals surface area contributed by atoms with Crippen LogP contribution in [0.1, 0.15) is 57.4 Å². The fourth-order valence-corrected chi connectivity index (χ4v) is 2.83. The zero-order valence-electron chi connectivity index (χ0n) is 20.3. The standard InChI is InChI=1S/C22H34N6O.C2H6/c1-6-11-28(12-7-2)21-15-20(25-22(26-21)29-13-10-23-5)16-24-27-19-9-8-17(3)18(4)14-19;1-2/h8-9,14-16,23,27H,6-7,10-13H2,1-5H3;1-2H3/b24-16+;. The summed E-state index contributed by atoms with van der Waals surface area (Å²) in [5, 5.41) is 7.43. The molecule has 0 saturated heterocycles. The molecule has 0 radical (unpaired) electrons. The molecular formula is C24H40N6O. The summed E-state index contributed by atoms with van der Waals surface area (Å²) in [6.07, 6.45) is 3.82. The van der Waals surface area contributed by atoms with Crippen molar-refractivity contribution in [1.82, 2.24) is 15.3 Å². The lowest BCUT2D eigenvalue weighted by molar-refractivity contribution is 0.293. The van der Waals surface area contributed by atoms with E-state index in [-0.39, 0.29) is 0 Å². The van der Waals surface area contributed by atoms with E-state index in [2.05, 4.69) is 70.5 Å². The Bertz CT molecular complexity index is 788. The van der Waals surface area contributed by atoms with Crippen molar-refractivity contribution in [2.45, 2.75) is 54.4 Å². The Morgan fingerprint density at radius 3 is 2.35 bits per heavy atom. The highest BCUT2D eigenvalue weighted by Crippen LogP contribution is 2.17. The number of nitrogens with zero attached hydrogens (tertiary/aromatic N) is 4. The van der Waals surface area contributed by atoms with Crippen LogP contribution in [-0.4, -0.2) is 49.5 Å². The largest absolute Gasteiger partial charge is 0.462 e. The number of hydrogen-bond acceptors (Lipinski definition) is 7. The summed E-state index contributed by atoms with van der Waals surface area (Å²) in [6.45, 7) is 15.7. The van der Waals surface area contributed by atoms with Crippen LogP contribution in [0.5, 0.6) is 6.01 Å². The summed E-state index contributed by atoms with van der Waals surface area (Å²) in [6, 6.07) is 8.51. The Balaban J connectivity index is 0.00000233. The molecule has 0 bridgehead atoms. The van der Waals surface area contributed by atoms with Crippen LogP contribution in [-0.2, 0) is 0 Å². The van der Waals surface area contributed by atoms with Crippen LogP contribution in [0.2, 0.25) is 0 Å². The van der Waals surface area contributed by atoms with Gasteiger partial charge in [0.1, 0.15) is 12.4 Å². The van der Waals surface area contributed by atoms with E-state index in [0.717, 1.165) is 44.0 Å². The molecule has 0 unspecified atom stereocenters. The number of ether oxygens (including phenoxy) is 1. The number of benzene rings is 1. The molecule has 0 fully saturated rings. The van der Waals surface area contributed by atoms with E-state index in [1.54, 1.807) is 6.21 Å². The van der Waals surface area contributed by atoms with Crippen LogP contribution in [0.15, 0.2) is 29.4 Å². The highest BCUT2D eigenvalue weighted by atomic mass is 16.5. The van der Waals surface area contributed by atoms with Crippen molar-refractivity contribution in [3.8, 4) is 6.01 Å². The summed E-state index contributed by atoms with van der Waals surface area (Å²) in [7, 11) is 1.89. The summed E-state index contributed by atoms with van der Waals surface area (Å²) in [5.41, 5.74) is 7.22. The number of aromatic nitrogens is 2. The van der Waals surface area contributed by atoms with Crippen molar-refractivity contribution in [3.63, 3.8) is 0 Å². The number of anilines is 2. The lowest BCUT2D eigenvalue weighted by Gasteiger charge is -2.23. The molecule has 0 spiro atoms. The minimum atomic E-state index is 0.377. The lowest BCUT2D eigenvalue weighted by Crippen LogP contribution is -2.26. The first kappa shape index (κ1) is 26.4. The molecule has 2 rings (SSSR count). The second-order valence-corrected chi connectivity index (χ2v) is 7.04. The Morgan fingerprint density at radius 1 is 1.03 bits per heavy atom. The van der Waals surface area contributed by atoms with E-state index in [9.17, 15) is 0 Å². The van der Waals surface area contributed by atoms with Crippen LogP contribution in [0, 0.1) is 13.8 Å². The average Bonchev–Trinajstić information content (AvgIpc) is 2.77. The molecule has 0 atom stereocenters. The summed E-state index contributed by atoms with van der Waals surface area (Å²) in [4.78, 5) is 11.4. The van der Waals surface area contributed by atoms with Crippen LogP contribution >= 0.6 is 0 Å². The Kier molecular flexibility index (Phi) is 12.9. The first-order valence-corrected chi connectivity index (χ1v) is 11.3. The smallest absolute Gasteiger partial charge is 0.319 e. The van der Waals surface area contributed by atoms with E-state index in [4.69, 9.17) is 4.74 Å². The Morgan fingerprint density at radius 2 is 1.74 bits per heavy atom. The third-order valence-electron chi connectivity index (χ3n) is 4.50. The van der Waals surface area contributed by atoms with E-state index in [0.29, 0.717) is 18.3 Å². The van der Waals surface area contributed by atoms with Crippen molar-refractivity contribution in [1.29, 1.82) is 0 Å². The zero-order valence-corrected chi connectivity index (χ0v) is 20.3. The lowest BCUT2D eigenvalue weighted by atomic mass is 10.1. The number of nitrogens with one attached hydrogen (secondary N) is 2. The molecule has 2 aromatic rings. The van der Waals surface area contributed by atoms with Gasteiger partial charge in [-0.1, -0.05) is 33.8 Å². The second-order valence-electron chi connectivity index (χ2n) is 7.04. The van der Waals surface area contributed by atoms with Crippen LogP contribution in [0.4, 0.5) is 11.5 Å². The maximum Gasteiger partial charge on any atom is 0.319 e. The average molecular weight is 429 g/mol. The SMILES string of the molecule is CC.CCCN(CCC)c1cc(/C=N/Nc2ccc(C)c(C)c2)nc(OCCNC)n1. The number of hydrazone groups is 1. The van der Waals surface area contributed by atoms with E-state index >= 15 is 0 Å². The fourth-order valence-electron chi connectivity index (χ4n) is 2.83. The van der Waals surface area contributed by atoms with Crippen molar-refractivity contribution >= 4 is 17.7 Å². The molecule has 31 heavy (non-hydrogen) atoms. The van der Waals surface area contributed by atoms with Gasteiger partial charge in [-0.15, -0.1) is 0 Å². The van der Waals surface area contributed by atoms with Crippen molar-refractivity contribution in [2.75, 3.05) is 43.6 Å². The monoisotopic (exact) mass is 428 g/mol. The summed E-state index contributed by atoms with van der Waals surface area (Å²) in [5.74, 6) is 0.871. The van der Waals surface area contributed by atoms with Crippen LogP contribution < -0.4 is 20.4 Å². The van der Waals surface area contributed by atoms with Crippen molar-refractivity contribution in [2.24, 2.45) is 5.10 Å². The van der Waals surface area contributed by atoms with E-state index in [1.807, 2.05) is 33.0 Å². The Hall–Kier alpha value is -2.67. The van der Waals surface area contributed by atoms with Gasteiger partial charge in [-0.05, 0) is 57.0 Å². The predicted molar refractivity (Wildman–Crippen MR) is 133 cm³/mol. The van der Waals surface area contributed by atoms with Gasteiger partial charge >= 0.3 is 6.01 Å². The number of rotatable bonds is 12. The maximum absolute atomic E-state index is 5.73. The molecule has 0 saturated carbocycles. The van der Waals surface area contributed by atoms with Crippen LogP contribution in [0.3, 0.4) is 0 Å². The van der Waals surface area contributed by atoms with E-state index in [1.165, 1.54) is 11.1 Å². The first-order chi connectivity index (χ1) is 15.1. The topological polar surface area (TPSA) is 74.7 Å². The van der Waals surface area contributed by atoms with Gasteiger partial charge in [0, 0.05) is 25.7 Å². The molecule has 172 valence electrons. The van der Waals surface area contributed by atoms with E-state index < -0.39 is 0 Å². The second kappa shape index (κ2) is 15.2. The van der Waals surface area contributed by atoms with Gasteiger partial charge in [-0.25, -0.2) is 0 Å². The van der Waals surface area contributed by atoms with Gasteiger partial charge in [0.2, 0.25) is 0 Å². The third-order valence-corrected chi connectivity index (χ3v) is 4.50. The minimum absolute atomic E-state index is 0.377. The molecule has 0 aliphatic heterocycles. The number of hydrogen-bond donors (Lipinski definition) is 2. The highest BCUT2D eigenvalue weighted by molar-refractivity contribution is 5.79. The minimum Gasteiger partial charge on any atom is -0.462 e. The molecule has 1 aromatic carbocycles. The van der Waals surface area contributed by atoms with Gasteiger partial charge in [-0.2, -0.15) is 15.1 Å². The number of aryl methyl sites for hydroxylation is 2. The third kappa shape index (κ3) is 9.34. The molecule has 7 heteroatoms. The number of likely N-dealkylation sites (N-methyl/N-ethyl adjacent to an activating group) is 1. The predicted octanol–water partition coefficient (Wildman–Crippen LogP) is 4.79. The van der Waals surface area contributed by atoms with Gasteiger partial charge in [0.25, 0.3) is 0 Å². The van der Waals surface area contributed by atoms with Gasteiger partial charge in [0.15, 0.2) is 0 Å². The molecule has 0 amide bonds. The summed E-state index contributed by atoms with van der Waals surface area (Å²) >= 11 is 0. The molecule has 1 heterocycles. The zero-order chi connectivity index (χ0) is 23.1. The molecule has 2 N–H and O–H groups in total. The molecule has 1 aromatic heterocycles. The quantitative estimate of drug-likeness (QED) is 0.288. The molecule has 7 nitrogen and oxygen atoms in total. The molecule has 0 aliphatic carbocycles. The summed E-state index contributed by atoms with van der Waals surface area (Å²) < 4.78 is 5.73. The van der Waals surface area contributed by atoms with Crippen LogP contribution in [0.25, 0.3) is 0 Å². The van der Waals surface area contributed by atoms with Gasteiger partial charge < -0.3 is 15.0 Å². The first-order valence-electron chi connectivity index (χ1n) is 11.3.